The lowest BCUT2D eigenvalue weighted by atomic mass is 10.2. The molecule has 1 aromatic heterocycles. The van der Waals surface area contributed by atoms with Crippen LogP contribution in [0, 0.1) is 0 Å². The molecular weight excluding hydrogens is 268 g/mol. The maximum absolute atomic E-state index is 5.68. The number of aromatic nitrogens is 1. The van der Waals surface area contributed by atoms with E-state index in [0.29, 0.717) is 4.99 Å². The zero-order chi connectivity index (χ0) is 15.0. The standard InChI is InChI=1S/C15H26N4S/c1-4-18(5-2)10-7-11-19(6-3)14-12-13(15(16)20)8-9-17-14/h8-9,12H,4-7,10-11H2,1-3H3,(H2,16,20). The molecule has 1 heterocycles. The van der Waals surface area contributed by atoms with Crippen LogP contribution in [-0.4, -0.2) is 47.6 Å². The molecule has 1 rings (SSSR count). The van der Waals surface area contributed by atoms with Crippen LogP contribution in [-0.2, 0) is 0 Å². The average molecular weight is 294 g/mol. The Morgan fingerprint density at radius 1 is 1.20 bits per heavy atom. The summed E-state index contributed by atoms with van der Waals surface area (Å²) in [5.74, 6) is 0.956. The molecule has 0 saturated carbocycles. The van der Waals surface area contributed by atoms with Crippen LogP contribution in [0.1, 0.15) is 32.8 Å². The van der Waals surface area contributed by atoms with Gasteiger partial charge in [0.2, 0.25) is 0 Å². The molecule has 0 aliphatic heterocycles. The topological polar surface area (TPSA) is 45.4 Å². The van der Waals surface area contributed by atoms with Crippen LogP contribution in [0.15, 0.2) is 18.3 Å². The molecule has 112 valence electrons. The van der Waals surface area contributed by atoms with Crippen LogP contribution in [0.2, 0.25) is 0 Å². The van der Waals surface area contributed by atoms with Gasteiger partial charge in [-0.1, -0.05) is 26.1 Å². The number of hydrogen-bond acceptors (Lipinski definition) is 4. The smallest absolute Gasteiger partial charge is 0.129 e. The number of rotatable bonds is 9. The predicted molar refractivity (Wildman–Crippen MR) is 90.4 cm³/mol. The van der Waals surface area contributed by atoms with Gasteiger partial charge < -0.3 is 15.5 Å². The van der Waals surface area contributed by atoms with E-state index in [1.54, 1.807) is 6.20 Å². The lowest BCUT2D eigenvalue weighted by molar-refractivity contribution is 0.300. The first kappa shape index (κ1) is 16.9. The van der Waals surface area contributed by atoms with E-state index in [1.165, 1.54) is 0 Å². The summed E-state index contributed by atoms with van der Waals surface area (Å²) >= 11 is 5.02. The lowest BCUT2D eigenvalue weighted by Crippen LogP contribution is -2.30. The largest absolute Gasteiger partial charge is 0.389 e. The predicted octanol–water partition coefficient (Wildman–Crippen LogP) is 2.27. The molecule has 4 nitrogen and oxygen atoms in total. The van der Waals surface area contributed by atoms with E-state index in [1.807, 2.05) is 12.1 Å². The monoisotopic (exact) mass is 294 g/mol. The third-order valence-electron chi connectivity index (χ3n) is 3.53. The van der Waals surface area contributed by atoms with E-state index in [9.17, 15) is 0 Å². The van der Waals surface area contributed by atoms with Crippen molar-refractivity contribution < 1.29 is 0 Å². The van der Waals surface area contributed by atoms with Crippen LogP contribution < -0.4 is 10.6 Å². The Balaban J connectivity index is 2.62. The minimum absolute atomic E-state index is 0.424. The molecule has 0 aromatic carbocycles. The van der Waals surface area contributed by atoms with Gasteiger partial charge in [0.05, 0.1) is 0 Å². The van der Waals surface area contributed by atoms with Gasteiger partial charge in [0.15, 0.2) is 0 Å². The van der Waals surface area contributed by atoms with E-state index in [4.69, 9.17) is 18.0 Å². The molecule has 1 aromatic rings. The molecule has 0 unspecified atom stereocenters. The van der Waals surface area contributed by atoms with Gasteiger partial charge in [-0.05, 0) is 45.1 Å². The van der Waals surface area contributed by atoms with Gasteiger partial charge in [0.25, 0.3) is 0 Å². The molecule has 0 amide bonds. The molecule has 5 heteroatoms. The minimum Gasteiger partial charge on any atom is -0.389 e. The van der Waals surface area contributed by atoms with Crippen molar-refractivity contribution in [3.05, 3.63) is 23.9 Å². The lowest BCUT2D eigenvalue weighted by Gasteiger charge is -2.24. The van der Waals surface area contributed by atoms with Gasteiger partial charge >= 0.3 is 0 Å². The number of nitrogens with zero attached hydrogens (tertiary/aromatic N) is 3. The maximum atomic E-state index is 5.68. The summed E-state index contributed by atoms with van der Waals surface area (Å²) < 4.78 is 0. The van der Waals surface area contributed by atoms with Crippen molar-refractivity contribution in [1.29, 1.82) is 0 Å². The SMILES string of the molecule is CCN(CC)CCCN(CC)c1cc(C(N)=S)ccn1. The molecule has 0 saturated heterocycles. The second kappa shape index (κ2) is 8.87. The molecular formula is C15H26N4S. The molecule has 0 aliphatic carbocycles. The van der Waals surface area contributed by atoms with E-state index in [0.717, 1.165) is 50.5 Å². The first-order chi connectivity index (χ1) is 9.62. The highest BCUT2D eigenvalue weighted by Crippen LogP contribution is 2.13. The Morgan fingerprint density at radius 3 is 2.45 bits per heavy atom. The maximum Gasteiger partial charge on any atom is 0.129 e. The fraction of sp³-hybridized carbons (Fsp3) is 0.600. The quantitative estimate of drug-likeness (QED) is 0.708. The highest BCUT2D eigenvalue weighted by Gasteiger charge is 2.08. The average Bonchev–Trinajstić information content (AvgIpc) is 2.48. The Morgan fingerprint density at radius 2 is 1.90 bits per heavy atom. The zero-order valence-electron chi connectivity index (χ0n) is 12.8. The van der Waals surface area contributed by atoms with Crippen molar-refractivity contribution in [3.63, 3.8) is 0 Å². The van der Waals surface area contributed by atoms with Crippen LogP contribution in [0.25, 0.3) is 0 Å². The van der Waals surface area contributed by atoms with E-state index in [-0.39, 0.29) is 0 Å². The summed E-state index contributed by atoms with van der Waals surface area (Å²) in [7, 11) is 0. The summed E-state index contributed by atoms with van der Waals surface area (Å²) in [6, 6.07) is 3.83. The molecule has 0 aliphatic rings. The summed E-state index contributed by atoms with van der Waals surface area (Å²) in [5, 5.41) is 0. The molecule has 0 bridgehead atoms. The van der Waals surface area contributed by atoms with E-state index in [2.05, 4.69) is 35.6 Å². The molecule has 20 heavy (non-hydrogen) atoms. The second-order valence-electron chi connectivity index (χ2n) is 4.73. The van der Waals surface area contributed by atoms with Gasteiger partial charge in [-0.15, -0.1) is 0 Å². The van der Waals surface area contributed by atoms with Crippen molar-refractivity contribution in [2.45, 2.75) is 27.2 Å². The Bertz CT molecular complexity index is 418. The van der Waals surface area contributed by atoms with Crippen molar-refractivity contribution in [2.75, 3.05) is 37.6 Å². The molecule has 0 fully saturated rings. The number of thiocarbonyl (C=S) groups is 1. The fourth-order valence-corrected chi connectivity index (χ4v) is 2.33. The summed E-state index contributed by atoms with van der Waals surface area (Å²) in [5.41, 5.74) is 6.56. The second-order valence-corrected chi connectivity index (χ2v) is 5.17. The third-order valence-corrected chi connectivity index (χ3v) is 3.77. The van der Waals surface area contributed by atoms with Gasteiger partial charge in [0, 0.05) is 24.8 Å². The van der Waals surface area contributed by atoms with Crippen LogP contribution in [0.3, 0.4) is 0 Å². The van der Waals surface area contributed by atoms with Gasteiger partial charge in [-0.3, -0.25) is 0 Å². The van der Waals surface area contributed by atoms with Crippen LogP contribution in [0.5, 0.6) is 0 Å². The molecule has 0 atom stereocenters. The Labute approximate surface area is 128 Å². The summed E-state index contributed by atoms with van der Waals surface area (Å²) in [6.07, 6.45) is 2.91. The van der Waals surface area contributed by atoms with E-state index < -0.39 is 0 Å². The highest BCUT2D eigenvalue weighted by molar-refractivity contribution is 7.80. The normalized spacial score (nSPS) is 10.8. The summed E-state index contributed by atoms with van der Waals surface area (Å²) in [4.78, 5) is 9.56. The summed E-state index contributed by atoms with van der Waals surface area (Å²) in [6.45, 7) is 11.8. The zero-order valence-corrected chi connectivity index (χ0v) is 13.6. The third kappa shape index (κ3) is 5.06. The first-order valence-corrected chi connectivity index (χ1v) is 7.76. The Kier molecular flexibility index (Phi) is 7.47. The highest BCUT2D eigenvalue weighted by atomic mass is 32.1. The Hall–Kier alpha value is -1.20. The number of pyridine rings is 1. The first-order valence-electron chi connectivity index (χ1n) is 7.35. The van der Waals surface area contributed by atoms with Crippen LogP contribution in [0.4, 0.5) is 5.82 Å². The van der Waals surface area contributed by atoms with Gasteiger partial charge in [-0.2, -0.15) is 0 Å². The minimum atomic E-state index is 0.424. The number of nitrogens with two attached hydrogens (primary N) is 1. The van der Waals surface area contributed by atoms with Crippen molar-refractivity contribution in [1.82, 2.24) is 9.88 Å². The van der Waals surface area contributed by atoms with Crippen LogP contribution >= 0.6 is 12.2 Å². The van der Waals surface area contributed by atoms with Crippen molar-refractivity contribution in [2.24, 2.45) is 5.73 Å². The molecule has 0 radical (unpaired) electrons. The van der Waals surface area contributed by atoms with Gasteiger partial charge in [-0.25, -0.2) is 4.98 Å². The molecule has 2 N–H and O–H groups in total. The fourth-order valence-electron chi connectivity index (χ4n) is 2.20. The number of anilines is 1. The van der Waals surface area contributed by atoms with Crippen molar-refractivity contribution >= 4 is 23.0 Å². The number of hydrogen-bond donors (Lipinski definition) is 1. The van der Waals surface area contributed by atoms with E-state index >= 15 is 0 Å². The molecule has 0 spiro atoms. The van der Waals surface area contributed by atoms with Crippen molar-refractivity contribution in [3.8, 4) is 0 Å². The van der Waals surface area contributed by atoms with Gasteiger partial charge in [0.1, 0.15) is 10.8 Å².